The van der Waals surface area contributed by atoms with Gasteiger partial charge in [-0.15, -0.1) is 0 Å². The summed E-state index contributed by atoms with van der Waals surface area (Å²) in [5, 5.41) is 2.23. The average Bonchev–Trinajstić information content (AvgIpc) is 2.56. The number of furan rings is 1. The molecule has 3 rings (SSSR count). The predicted molar refractivity (Wildman–Crippen MR) is 58.8 cm³/mol. The van der Waals surface area contributed by atoms with Gasteiger partial charge in [0.1, 0.15) is 0 Å². The third kappa shape index (κ3) is 1.20. The number of nitrogens with zero attached hydrogens (tertiary/aromatic N) is 2. The number of pyridine rings is 2. The Morgan fingerprint density at radius 2 is 1.33 bits per heavy atom. The van der Waals surface area contributed by atoms with Crippen LogP contribution in [0, 0.1) is 13.8 Å². The van der Waals surface area contributed by atoms with E-state index in [1.807, 2.05) is 26.0 Å². The minimum atomic E-state index is 0.822. The van der Waals surface area contributed by atoms with Crippen molar-refractivity contribution in [3.05, 3.63) is 35.9 Å². The molecule has 0 aliphatic carbocycles. The van der Waals surface area contributed by atoms with Crippen LogP contribution in [0.3, 0.4) is 0 Å². The van der Waals surface area contributed by atoms with E-state index in [1.165, 1.54) is 0 Å². The Morgan fingerprint density at radius 1 is 0.867 bits per heavy atom. The lowest BCUT2D eigenvalue weighted by molar-refractivity contribution is 0.664. The van der Waals surface area contributed by atoms with Crippen molar-refractivity contribution in [3.8, 4) is 0 Å². The van der Waals surface area contributed by atoms with Gasteiger partial charge in [-0.25, -0.2) is 0 Å². The SMILES string of the molecule is Cc1cc2c(cn1)oc1cnc(C)cc12. The molecular formula is C12H10N2O. The monoisotopic (exact) mass is 198 g/mol. The van der Waals surface area contributed by atoms with Crippen LogP contribution in [0.15, 0.2) is 28.9 Å². The molecule has 0 unspecified atom stereocenters. The van der Waals surface area contributed by atoms with Gasteiger partial charge < -0.3 is 4.42 Å². The lowest BCUT2D eigenvalue weighted by Crippen LogP contribution is -1.79. The third-order valence-electron chi connectivity index (χ3n) is 2.52. The van der Waals surface area contributed by atoms with Crippen molar-refractivity contribution < 1.29 is 4.42 Å². The molecule has 0 spiro atoms. The molecule has 0 aliphatic heterocycles. The molecule has 0 aliphatic rings. The lowest BCUT2D eigenvalue weighted by Gasteiger charge is -1.92. The minimum absolute atomic E-state index is 0.822. The van der Waals surface area contributed by atoms with Crippen molar-refractivity contribution >= 4 is 21.9 Å². The first-order chi connectivity index (χ1) is 7.24. The Hall–Kier alpha value is -1.90. The van der Waals surface area contributed by atoms with E-state index in [2.05, 4.69) is 9.97 Å². The minimum Gasteiger partial charge on any atom is -0.453 e. The fourth-order valence-corrected chi connectivity index (χ4v) is 1.80. The van der Waals surface area contributed by atoms with Crippen molar-refractivity contribution in [2.75, 3.05) is 0 Å². The quantitative estimate of drug-likeness (QED) is 0.557. The molecule has 74 valence electrons. The normalized spacial score (nSPS) is 11.3. The van der Waals surface area contributed by atoms with Gasteiger partial charge in [0.15, 0.2) is 11.2 Å². The molecule has 0 amide bonds. The van der Waals surface area contributed by atoms with Crippen LogP contribution in [-0.4, -0.2) is 9.97 Å². The van der Waals surface area contributed by atoms with Crippen molar-refractivity contribution in [2.24, 2.45) is 0 Å². The van der Waals surface area contributed by atoms with Gasteiger partial charge >= 0.3 is 0 Å². The van der Waals surface area contributed by atoms with Gasteiger partial charge in [-0.2, -0.15) is 0 Å². The van der Waals surface area contributed by atoms with Crippen molar-refractivity contribution in [3.63, 3.8) is 0 Å². The van der Waals surface area contributed by atoms with Gasteiger partial charge in [0.05, 0.1) is 12.4 Å². The van der Waals surface area contributed by atoms with Crippen LogP contribution in [0.25, 0.3) is 21.9 Å². The van der Waals surface area contributed by atoms with Crippen molar-refractivity contribution in [1.82, 2.24) is 9.97 Å². The number of rotatable bonds is 0. The molecule has 0 aromatic carbocycles. The zero-order chi connectivity index (χ0) is 10.4. The summed E-state index contributed by atoms with van der Waals surface area (Å²) in [6.07, 6.45) is 3.53. The molecule has 3 heteroatoms. The van der Waals surface area contributed by atoms with Crippen LogP contribution in [0.4, 0.5) is 0 Å². The van der Waals surface area contributed by atoms with E-state index in [9.17, 15) is 0 Å². The summed E-state index contributed by atoms with van der Waals surface area (Å²) in [7, 11) is 0. The van der Waals surface area contributed by atoms with Gasteiger partial charge in [-0.05, 0) is 26.0 Å². The van der Waals surface area contributed by atoms with E-state index >= 15 is 0 Å². The first-order valence-corrected chi connectivity index (χ1v) is 4.85. The second-order valence-electron chi connectivity index (χ2n) is 3.75. The molecule has 0 fully saturated rings. The number of aromatic nitrogens is 2. The summed E-state index contributed by atoms with van der Waals surface area (Å²) < 4.78 is 5.64. The smallest absolute Gasteiger partial charge is 0.153 e. The van der Waals surface area contributed by atoms with Gasteiger partial charge in [0.25, 0.3) is 0 Å². The standard InChI is InChI=1S/C12H10N2O/c1-7-3-9-10-4-8(2)14-6-12(10)15-11(9)5-13-7/h3-6H,1-2H3. The number of fused-ring (bicyclic) bond motifs is 3. The number of aryl methyl sites for hydroxylation is 2. The fraction of sp³-hybridized carbons (Fsp3) is 0.167. The zero-order valence-electron chi connectivity index (χ0n) is 8.61. The molecule has 0 radical (unpaired) electrons. The molecule has 3 aromatic heterocycles. The van der Waals surface area contributed by atoms with Gasteiger partial charge in [-0.1, -0.05) is 0 Å². The maximum atomic E-state index is 5.64. The lowest BCUT2D eigenvalue weighted by atomic mass is 10.2. The summed E-state index contributed by atoms with van der Waals surface area (Å²) in [5.41, 5.74) is 3.64. The van der Waals surface area contributed by atoms with Crippen molar-refractivity contribution in [1.29, 1.82) is 0 Å². The highest BCUT2D eigenvalue weighted by atomic mass is 16.3. The molecule has 0 bridgehead atoms. The maximum absolute atomic E-state index is 5.64. The summed E-state index contributed by atoms with van der Waals surface area (Å²) in [6.45, 7) is 3.96. The Balaban J connectivity index is 2.55. The predicted octanol–water partition coefficient (Wildman–Crippen LogP) is 2.99. The van der Waals surface area contributed by atoms with Crippen LogP contribution in [0.2, 0.25) is 0 Å². The van der Waals surface area contributed by atoms with Crippen LogP contribution in [0.1, 0.15) is 11.4 Å². The van der Waals surface area contributed by atoms with Gasteiger partial charge in [0, 0.05) is 22.2 Å². The second-order valence-corrected chi connectivity index (χ2v) is 3.75. The van der Waals surface area contributed by atoms with E-state index in [-0.39, 0.29) is 0 Å². The molecule has 0 saturated carbocycles. The number of hydrogen-bond donors (Lipinski definition) is 0. The molecular weight excluding hydrogens is 188 g/mol. The molecule has 3 aromatic rings. The van der Waals surface area contributed by atoms with Crippen molar-refractivity contribution in [2.45, 2.75) is 13.8 Å². The highest BCUT2D eigenvalue weighted by Gasteiger charge is 2.07. The van der Waals surface area contributed by atoms with Crippen LogP contribution < -0.4 is 0 Å². The maximum Gasteiger partial charge on any atom is 0.153 e. The highest BCUT2D eigenvalue weighted by Crippen LogP contribution is 2.28. The average molecular weight is 198 g/mol. The van der Waals surface area contributed by atoms with E-state index in [1.54, 1.807) is 12.4 Å². The largest absolute Gasteiger partial charge is 0.453 e. The Kier molecular flexibility index (Phi) is 1.57. The number of hydrogen-bond acceptors (Lipinski definition) is 3. The molecule has 15 heavy (non-hydrogen) atoms. The third-order valence-corrected chi connectivity index (χ3v) is 2.52. The molecule has 0 atom stereocenters. The van der Waals surface area contributed by atoms with Gasteiger partial charge in [0.2, 0.25) is 0 Å². The van der Waals surface area contributed by atoms with E-state index in [0.29, 0.717) is 0 Å². The molecule has 0 N–H and O–H groups in total. The second kappa shape index (κ2) is 2.79. The van der Waals surface area contributed by atoms with E-state index in [4.69, 9.17) is 4.42 Å². The Bertz CT molecular complexity index is 599. The molecule has 3 heterocycles. The van der Waals surface area contributed by atoms with Crippen LogP contribution >= 0.6 is 0 Å². The highest BCUT2D eigenvalue weighted by molar-refractivity contribution is 6.04. The van der Waals surface area contributed by atoms with Crippen LogP contribution in [-0.2, 0) is 0 Å². The molecule has 0 saturated heterocycles. The summed E-state index contributed by atoms with van der Waals surface area (Å²) in [4.78, 5) is 8.42. The Morgan fingerprint density at radius 3 is 1.80 bits per heavy atom. The van der Waals surface area contributed by atoms with Gasteiger partial charge in [-0.3, -0.25) is 9.97 Å². The summed E-state index contributed by atoms with van der Waals surface area (Å²) >= 11 is 0. The van der Waals surface area contributed by atoms with E-state index < -0.39 is 0 Å². The first kappa shape index (κ1) is 8.41. The first-order valence-electron chi connectivity index (χ1n) is 4.85. The topological polar surface area (TPSA) is 38.9 Å². The molecule has 3 nitrogen and oxygen atoms in total. The van der Waals surface area contributed by atoms with Crippen LogP contribution in [0.5, 0.6) is 0 Å². The Labute approximate surface area is 86.8 Å². The summed E-state index contributed by atoms with van der Waals surface area (Å²) in [5.74, 6) is 0. The fourth-order valence-electron chi connectivity index (χ4n) is 1.80. The van der Waals surface area contributed by atoms with E-state index in [0.717, 1.165) is 33.3 Å². The summed E-state index contributed by atoms with van der Waals surface area (Å²) in [6, 6.07) is 4.08. The zero-order valence-corrected chi connectivity index (χ0v) is 8.61.